The molecule has 2 fully saturated rings. The number of urea groups is 1. The van der Waals surface area contributed by atoms with Gasteiger partial charge in [-0.05, 0) is 159 Å². The molecule has 2 saturated heterocycles. The quantitative estimate of drug-likeness (QED) is 0.0294. The number of hydrogen-bond donors (Lipinski definition) is 3. The minimum absolute atomic E-state index is 0.0325. The van der Waals surface area contributed by atoms with Crippen molar-refractivity contribution >= 4 is 60.6 Å². The number of sulfonamides is 1. The molecule has 4 aliphatic rings. The second kappa shape index (κ2) is 29.1. The molecule has 8 rings (SSSR count). The number of amides is 2. The number of likely N-dealkylation sites (tertiary alicyclic amines) is 2. The van der Waals surface area contributed by atoms with Crippen LogP contribution in [0.5, 0.6) is 0 Å². The maximum absolute atomic E-state index is 15.4. The fourth-order valence-corrected chi connectivity index (χ4v) is 15.1. The van der Waals surface area contributed by atoms with Crippen molar-refractivity contribution in [2.24, 2.45) is 5.92 Å². The maximum Gasteiger partial charge on any atom is 0.314 e. The summed E-state index contributed by atoms with van der Waals surface area (Å²) < 4.78 is 99.8. The van der Waals surface area contributed by atoms with Gasteiger partial charge in [0.05, 0.1) is 53.6 Å². The molecule has 4 aliphatic heterocycles. The smallest absolute Gasteiger partial charge is 0.314 e. The number of unbranched alkanes of at least 4 members (excludes halogenated alkanes) is 2. The first-order valence-corrected chi connectivity index (χ1v) is 32.0. The van der Waals surface area contributed by atoms with Crippen LogP contribution in [0.3, 0.4) is 0 Å². The standard InChI is InChI=1S/C59H73Cl2F2N9O8S2/c1-65-58-29-43(61)28-49-54(37-70(3)38-55(49)58)51-31-47(11-13-57(51)63)82(77,78)68-44-15-19-72(34-44)21-25-80-23-17-67-59(74)66-16-6-4-5-8-45(73)9-7-22-79-24-20-71-18-14-40(33-71)39-81(75,76)46-10-12-56(62)50(30-46)53-36-69(2)35-52-41(32-64)26-42(60)27-48(52)53/h10-13,26-31,40,44,53-54,68H,4-9,14-25,33-39H2,2-3H3,(H2,66,67,74)/t40-,44-,53?,54?/m1/s1. The van der Waals surface area contributed by atoms with Gasteiger partial charge in [-0.15, -0.1) is 0 Å². The average Bonchev–Trinajstić information content (AvgIpc) is 4.22. The number of halogens is 4. The minimum Gasteiger partial charge on any atom is -0.380 e. The molecular formula is C59H73Cl2F2N9O8S2. The van der Waals surface area contributed by atoms with E-state index in [-0.39, 0.29) is 50.4 Å². The first kappa shape index (κ1) is 62.9. The molecule has 4 atom stereocenters. The second-order valence-corrected chi connectivity index (χ2v) is 26.7. The summed E-state index contributed by atoms with van der Waals surface area (Å²) in [5, 5.41) is 16.1. The van der Waals surface area contributed by atoms with Crippen LogP contribution in [-0.2, 0) is 47.2 Å². The number of nitriles is 1. The van der Waals surface area contributed by atoms with Crippen molar-refractivity contribution < 1.29 is 44.7 Å². The number of ketones is 1. The molecule has 0 saturated carbocycles. The molecule has 0 aromatic heterocycles. The predicted octanol–water partition coefficient (Wildman–Crippen LogP) is 8.24. The number of benzene rings is 4. The summed E-state index contributed by atoms with van der Waals surface area (Å²) in [6, 6.07) is 16.1. The van der Waals surface area contributed by atoms with E-state index in [0.29, 0.717) is 152 Å². The van der Waals surface area contributed by atoms with E-state index in [0.717, 1.165) is 48.1 Å². The summed E-state index contributed by atoms with van der Waals surface area (Å²) in [5.74, 6) is -2.01. The number of ether oxygens (including phenoxy) is 2. The van der Waals surface area contributed by atoms with E-state index >= 15 is 8.78 Å². The third kappa shape index (κ3) is 16.8. The lowest BCUT2D eigenvalue weighted by Crippen LogP contribution is -2.38. The number of nitrogens with zero attached hydrogens (tertiary/aromatic N) is 6. The Labute approximate surface area is 491 Å². The van der Waals surface area contributed by atoms with Crippen molar-refractivity contribution in [3.8, 4) is 6.07 Å². The van der Waals surface area contributed by atoms with Crippen LogP contribution in [0, 0.1) is 35.5 Å². The number of likely N-dealkylation sites (N-methyl/N-ethyl adjacent to an activating group) is 2. The number of rotatable bonds is 27. The Hall–Kier alpha value is -5.14. The van der Waals surface area contributed by atoms with Crippen LogP contribution >= 0.6 is 23.2 Å². The Bertz CT molecular complexity index is 3040. The van der Waals surface area contributed by atoms with Crippen molar-refractivity contribution in [2.45, 2.75) is 92.1 Å². The molecule has 0 radical (unpaired) electrons. The lowest BCUT2D eigenvalue weighted by atomic mass is 9.83. The van der Waals surface area contributed by atoms with Gasteiger partial charge in [-0.2, -0.15) is 5.26 Å². The van der Waals surface area contributed by atoms with Crippen molar-refractivity contribution in [1.29, 1.82) is 5.26 Å². The van der Waals surface area contributed by atoms with Gasteiger partial charge in [-0.25, -0.2) is 40.0 Å². The molecule has 4 aromatic carbocycles. The average molecular weight is 1210 g/mol. The number of nitrogens with one attached hydrogen (secondary N) is 3. The molecule has 23 heteroatoms. The van der Waals surface area contributed by atoms with Crippen LogP contribution in [0.2, 0.25) is 10.0 Å². The monoisotopic (exact) mass is 1210 g/mol. The SMILES string of the molecule is [C-]#[N+]c1cc(Cl)cc2c1CN(C)CC2c1cc(S(=O)(=O)N[C@@H]2CCN(CCOCCNC(=O)NCCCCCC(=O)CCCOCCN3CC[C@@H](CS(=O)(=O)c4ccc(F)c(C5CN(C)Cc6c(C#N)cc(Cl)cc65)c4)C3)C2)ccc1F. The molecule has 3 N–H and O–H groups in total. The largest absolute Gasteiger partial charge is 0.380 e. The molecule has 442 valence electrons. The maximum atomic E-state index is 15.4. The Morgan fingerprint density at radius 2 is 1.30 bits per heavy atom. The lowest BCUT2D eigenvalue weighted by Gasteiger charge is -2.34. The van der Waals surface area contributed by atoms with Crippen LogP contribution in [0.1, 0.15) is 102 Å². The van der Waals surface area contributed by atoms with Crippen LogP contribution < -0.4 is 15.4 Å². The molecule has 0 spiro atoms. The number of Topliss-reactive ketones (excluding diaryl/α,β-unsaturated/α-hetero) is 1. The predicted molar refractivity (Wildman–Crippen MR) is 311 cm³/mol. The third-order valence-corrected chi connectivity index (χ3v) is 19.7. The van der Waals surface area contributed by atoms with Gasteiger partial charge in [0.15, 0.2) is 15.5 Å². The van der Waals surface area contributed by atoms with Crippen molar-refractivity contribution in [3.63, 3.8) is 0 Å². The van der Waals surface area contributed by atoms with E-state index in [1.165, 1.54) is 36.4 Å². The highest BCUT2D eigenvalue weighted by atomic mass is 35.5. The normalized spacial score (nSPS) is 19.8. The summed E-state index contributed by atoms with van der Waals surface area (Å²) in [6.45, 7) is 15.7. The summed E-state index contributed by atoms with van der Waals surface area (Å²) >= 11 is 12.7. The number of hydrogen-bond acceptors (Lipinski definition) is 13. The van der Waals surface area contributed by atoms with E-state index in [1.54, 1.807) is 24.3 Å². The zero-order chi connectivity index (χ0) is 58.6. The third-order valence-electron chi connectivity index (χ3n) is 15.9. The fourth-order valence-electron chi connectivity index (χ4n) is 11.7. The van der Waals surface area contributed by atoms with Crippen molar-refractivity contribution in [3.05, 3.63) is 133 Å². The summed E-state index contributed by atoms with van der Waals surface area (Å²) in [4.78, 5) is 36.7. The molecule has 2 amide bonds. The van der Waals surface area contributed by atoms with Crippen LogP contribution in [0.25, 0.3) is 4.85 Å². The van der Waals surface area contributed by atoms with Gasteiger partial charge in [-0.1, -0.05) is 29.6 Å². The van der Waals surface area contributed by atoms with E-state index in [4.69, 9.17) is 39.2 Å². The first-order chi connectivity index (χ1) is 39.3. The van der Waals surface area contributed by atoms with Crippen LogP contribution in [0.15, 0.2) is 70.5 Å². The molecule has 4 heterocycles. The highest BCUT2D eigenvalue weighted by Crippen LogP contribution is 2.42. The van der Waals surface area contributed by atoms with Gasteiger partial charge in [0.2, 0.25) is 10.0 Å². The molecule has 0 bridgehead atoms. The van der Waals surface area contributed by atoms with Gasteiger partial charge in [-0.3, -0.25) is 9.69 Å². The Morgan fingerprint density at radius 1 is 0.707 bits per heavy atom. The van der Waals surface area contributed by atoms with Gasteiger partial charge in [0.1, 0.15) is 17.4 Å². The van der Waals surface area contributed by atoms with E-state index in [2.05, 4.69) is 36.1 Å². The van der Waals surface area contributed by atoms with Crippen LogP contribution in [0.4, 0.5) is 19.3 Å². The minimum atomic E-state index is -3.99. The molecule has 17 nitrogen and oxygen atoms in total. The van der Waals surface area contributed by atoms with Crippen molar-refractivity contribution in [1.82, 2.24) is 35.0 Å². The van der Waals surface area contributed by atoms with Crippen molar-refractivity contribution in [2.75, 3.05) is 112 Å². The van der Waals surface area contributed by atoms with Gasteiger partial charge in [0.25, 0.3) is 0 Å². The highest BCUT2D eigenvalue weighted by Gasteiger charge is 2.35. The molecule has 82 heavy (non-hydrogen) atoms. The Morgan fingerprint density at radius 3 is 2.00 bits per heavy atom. The fraction of sp³-hybridized carbons (Fsp3) is 0.525. The molecule has 0 aliphatic carbocycles. The lowest BCUT2D eigenvalue weighted by molar-refractivity contribution is -0.119. The van der Waals surface area contributed by atoms with Gasteiger partial charge < -0.3 is 34.8 Å². The van der Waals surface area contributed by atoms with Gasteiger partial charge in [0, 0.05) is 113 Å². The highest BCUT2D eigenvalue weighted by molar-refractivity contribution is 7.91. The Balaban J connectivity index is 0.624. The second-order valence-electron chi connectivity index (χ2n) is 22.1. The summed E-state index contributed by atoms with van der Waals surface area (Å²) in [7, 11) is -3.95. The van der Waals surface area contributed by atoms with Gasteiger partial charge >= 0.3 is 6.03 Å². The number of sulfone groups is 1. The molecule has 2 unspecified atom stereocenters. The van der Waals surface area contributed by atoms with E-state index in [1.807, 2.05) is 23.9 Å². The topological polar surface area (TPSA) is 198 Å². The number of carbonyl (C=O) groups excluding carboxylic acids is 2. The first-order valence-electron chi connectivity index (χ1n) is 28.1. The zero-order valence-electron chi connectivity index (χ0n) is 46.5. The van der Waals surface area contributed by atoms with E-state index < -0.39 is 43.3 Å². The molecular weight excluding hydrogens is 1140 g/mol. The summed E-state index contributed by atoms with van der Waals surface area (Å²) in [5.41, 5.74) is 4.31. The summed E-state index contributed by atoms with van der Waals surface area (Å²) in [6.07, 6.45) is 5.08. The number of carbonyl (C=O) groups is 2. The van der Waals surface area contributed by atoms with Crippen LogP contribution in [-0.4, -0.2) is 166 Å². The number of fused-ring (bicyclic) bond motifs is 2. The zero-order valence-corrected chi connectivity index (χ0v) is 49.7. The molecule has 4 aromatic rings. The van der Waals surface area contributed by atoms with E-state index in [9.17, 15) is 31.7 Å². The Kier molecular flexibility index (Phi) is 22.3.